The van der Waals surface area contributed by atoms with Gasteiger partial charge in [-0.25, -0.2) is 0 Å². The quantitative estimate of drug-likeness (QED) is 0.546. The zero-order valence-corrected chi connectivity index (χ0v) is 19.8. The number of Topliss-reactive ketones (excluding diaryl/α,β-unsaturated/α-hetero) is 1. The molecular formula is C26H31N5O3. The Hall–Kier alpha value is -3.39. The number of piperazine rings is 1. The summed E-state index contributed by atoms with van der Waals surface area (Å²) >= 11 is 0. The lowest BCUT2D eigenvalue weighted by Gasteiger charge is -2.34. The number of benzene rings is 2. The van der Waals surface area contributed by atoms with Crippen molar-refractivity contribution in [3.05, 3.63) is 52.7 Å². The number of aromatic hydroxyl groups is 1. The van der Waals surface area contributed by atoms with Gasteiger partial charge in [0.25, 0.3) is 5.91 Å². The number of amides is 1. The Kier molecular flexibility index (Phi) is 6.00. The molecule has 0 spiro atoms. The maximum absolute atomic E-state index is 13.4. The van der Waals surface area contributed by atoms with E-state index in [9.17, 15) is 14.7 Å². The summed E-state index contributed by atoms with van der Waals surface area (Å²) in [6, 6.07) is 9.54. The lowest BCUT2D eigenvalue weighted by Crippen LogP contribution is -2.44. The number of carbonyl (C=O) groups excluding carboxylic acids is 2. The van der Waals surface area contributed by atoms with Crippen molar-refractivity contribution in [2.45, 2.75) is 39.3 Å². The molecule has 0 radical (unpaired) electrons. The van der Waals surface area contributed by atoms with Crippen LogP contribution in [0.5, 0.6) is 5.75 Å². The minimum atomic E-state index is -0.245. The van der Waals surface area contributed by atoms with Crippen LogP contribution in [0.1, 0.15) is 58.2 Å². The van der Waals surface area contributed by atoms with Crippen LogP contribution < -0.4 is 4.90 Å². The smallest absolute Gasteiger partial charge is 0.258 e. The summed E-state index contributed by atoms with van der Waals surface area (Å²) in [6.45, 7) is 7.11. The van der Waals surface area contributed by atoms with Gasteiger partial charge in [-0.15, -0.1) is 0 Å². The zero-order chi connectivity index (χ0) is 23.8. The van der Waals surface area contributed by atoms with Crippen molar-refractivity contribution in [3.63, 3.8) is 0 Å². The Bertz CT molecular complexity index is 1240. The van der Waals surface area contributed by atoms with Crippen molar-refractivity contribution < 1.29 is 14.7 Å². The average Bonchev–Trinajstić information content (AvgIpc) is 3.45. The van der Waals surface area contributed by atoms with Gasteiger partial charge in [0, 0.05) is 62.8 Å². The minimum Gasteiger partial charge on any atom is -0.507 e. The van der Waals surface area contributed by atoms with Crippen LogP contribution in [0.4, 0.5) is 5.69 Å². The minimum absolute atomic E-state index is 0.0535. The van der Waals surface area contributed by atoms with E-state index in [1.807, 2.05) is 6.92 Å². The summed E-state index contributed by atoms with van der Waals surface area (Å²) < 4.78 is 0. The number of unbranched alkanes of at least 4 members (excludes halogenated alkanes) is 1. The van der Waals surface area contributed by atoms with Gasteiger partial charge < -0.3 is 19.8 Å². The molecule has 2 aliphatic heterocycles. The fraction of sp³-hybridized carbons (Fsp3) is 0.423. The van der Waals surface area contributed by atoms with Gasteiger partial charge in [-0.2, -0.15) is 5.10 Å². The number of rotatable bonds is 6. The standard InChI is InChI=1S/C26H31N5O3/c1-3-4-5-23(32)25-20-13-21(24(33)14-22(20)27-28-25)26(34)31-15-17-6-7-19(12-18(17)16-31)30-10-8-29(2)9-11-30/h6-7,12-14,33H,3-5,8-11,15-16H2,1-2H3,(H,27,28). The topological polar surface area (TPSA) is 92.8 Å². The summed E-state index contributed by atoms with van der Waals surface area (Å²) in [5.41, 5.74) is 4.55. The summed E-state index contributed by atoms with van der Waals surface area (Å²) in [7, 11) is 2.14. The van der Waals surface area contributed by atoms with Crippen LogP contribution in [-0.4, -0.2) is 70.0 Å². The summed E-state index contributed by atoms with van der Waals surface area (Å²) in [4.78, 5) is 32.5. The number of carbonyl (C=O) groups is 2. The van der Waals surface area contributed by atoms with Crippen LogP contribution in [-0.2, 0) is 13.1 Å². The lowest BCUT2D eigenvalue weighted by atomic mass is 10.0. The van der Waals surface area contributed by atoms with Crippen molar-refractivity contribution >= 4 is 28.3 Å². The highest BCUT2D eigenvalue weighted by atomic mass is 16.3. The molecule has 2 N–H and O–H groups in total. The number of fused-ring (bicyclic) bond motifs is 2. The first-order chi connectivity index (χ1) is 16.4. The molecule has 1 amide bonds. The largest absolute Gasteiger partial charge is 0.507 e. The van der Waals surface area contributed by atoms with Gasteiger partial charge >= 0.3 is 0 Å². The number of phenols is 1. The highest BCUT2D eigenvalue weighted by molar-refractivity contribution is 6.09. The van der Waals surface area contributed by atoms with Crippen LogP contribution in [0.2, 0.25) is 0 Å². The molecule has 2 aliphatic rings. The molecule has 34 heavy (non-hydrogen) atoms. The van der Waals surface area contributed by atoms with E-state index in [1.165, 1.54) is 11.8 Å². The molecule has 0 saturated carbocycles. The SMILES string of the molecule is CCCCC(=O)c1n[nH]c2cc(O)c(C(=O)N3Cc4ccc(N5CCN(C)CC5)cc4C3)cc12. The molecule has 8 heteroatoms. The van der Waals surface area contributed by atoms with E-state index in [-0.39, 0.29) is 23.0 Å². The molecule has 0 unspecified atom stereocenters. The Balaban J connectivity index is 1.37. The van der Waals surface area contributed by atoms with E-state index in [4.69, 9.17) is 0 Å². The van der Waals surface area contributed by atoms with Crippen LogP contribution in [0.25, 0.3) is 10.9 Å². The Morgan fingerprint density at radius 3 is 2.59 bits per heavy atom. The Morgan fingerprint density at radius 2 is 1.82 bits per heavy atom. The molecule has 0 aliphatic carbocycles. The van der Waals surface area contributed by atoms with Crippen LogP contribution in [0.15, 0.2) is 30.3 Å². The third-order valence-electron chi connectivity index (χ3n) is 7.00. The molecular weight excluding hydrogens is 430 g/mol. The highest BCUT2D eigenvalue weighted by Gasteiger charge is 2.28. The molecule has 1 saturated heterocycles. The predicted octanol–water partition coefficient (Wildman–Crippen LogP) is 3.55. The summed E-state index contributed by atoms with van der Waals surface area (Å²) in [5.74, 6) is -0.408. The first-order valence-corrected chi connectivity index (χ1v) is 12.0. The first kappa shape index (κ1) is 22.4. The number of phenolic OH excluding ortho intramolecular Hbond substituents is 1. The number of anilines is 1. The molecule has 0 bridgehead atoms. The van der Waals surface area contributed by atoms with Gasteiger partial charge in [0.05, 0.1) is 11.1 Å². The van der Waals surface area contributed by atoms with Crippen molar-refractivity contribution in [2.24, 2.45) is 0 Å². The maximum Gasteiger partial charge on any atom is 0.258 e. The third-order valence-corrected chi connectivity index (χ3v) is 7.00. The number of hydrogen-bond acceptors (Lipinski definition) is 6. The lowest BCUT2D eigenvalue weighted by molar-refractivity contribution is 0.0748. The van der Waals surface area contributed by atoms with E-state index in [0.717, 1.165) is 50.1 Å². The second-order valence-electron chi connectivity index (χ2n) is 9.42. The Labute approximate surface area is 199 Å². The van der Waals surface area contributed by atoms with Crippen LogP contribution in [0, 0.1) is 0 Å². The molecule has 2 aromatic carbocycles. The molecule has 178 valence electrons. The first-order valence-electron chi connectivity index (χ1n) is 12.0. The van der Waals surface area contributed by atoms with Crippen molar-refractivity contribution in [1.29, 1.82) is 0 Å². The number of H-pyrrole nitrogens is 1. The van der Waals surface area contributed by atoms with E-state index in [0.29, 0.717) is 36.1 Å². The molecule has 5 rings (SSSR count). The molecule has 8 nitrogen and oxygen atoms in total. The van der Waals surface area contributed by atoms with E-state index in [2.05, 4.69) is 45.2 Å². The van der Waals surface area contributed by atoms with E-state index in [1.54, 1.807) is 11.0 Å². The van der Waals surface area contributed by atoms with E-state index < -0.39 is 0 Å². The molecule has 3 heterocycles. The Morgan fingerprint density at radius 1 is 1.06 bits per heavy atom. The van der Waals surface area contributed by atoms with Crippen molar-refractivity contribution in [1.82, 2.24) is 20.0 Å². The number of aromatic amines is 1. The van der Waals surface area contributed by atoms with Gasteiger partial charge in [0.15, 0.2) is 5.78 Å². The van der Waals surface area contributed by atoms with Gasteiger partial charge in [0.1, 0.15) is 11.4 Å². The van der Waals surface area contributed by atoms with Crippen molar-refractivity contribution in [3.8, 4) is 5.75 Å². The summed E-state index contributed by atoms with van der Waals surface area (Å²) in [6.07, 6.45) is 2.13. The summed E-state index contributed by atoms with van der Waals surface area (Å²) in [5, 5.41) is 18.1. The normalized spacial score (nSPS) is 16.3. The van der Waals surface area contributed by atoms with Gasteiger partial charge in [0.2, 0.25) is 0 Å². The monoisotopic (exact) mass is 461 g/mol. The van der Waals surface area contributed by atoms with Gasteiger partial charge in [-0.05, 0) is 42.8 Å². The third kappa shape index (κ3) is 4.14. The van der Waals surface area contributed by atoms with Crippen molar-refractivity contribution in [2.75, 3.05) is 38.1 Å². The predicted molar refractivity (Wildman–Crippen MR) is 131 cm³/mol. The number of hydrogen-bond donors (Lipinski definition) is 2. The van der Waals surface area contributed by atoms with E-state index >= 15 is 0 Å². The molecule has 3 aromatic rings. The maximum atomic E-state index is 13.4. The second-order valence-corrected chi connectivity index (χ2v) is 9.42. The zero-order valence-electron chi connectivity index (χ0n) is 19.8. The molecule has 1 aromatic heterocycles. The number of nitrogens with one attached hydrogen (secondary N) is 1. The average molecular weight is 462 g/mol. The number of likely N-dealkylation sites (N-methyl/N-ethyl adjacent to an activating group) is 1. The fourth-order valence-corrected chi connectivity index (χ4v) is 4.85. The van der Waals surface area contributed by atoms with Gasteiger partial charge in [-0.1, -0.05) is 19.4 Å². The molecule has 1 fully saturated rings. The second kappa shape index (κ2) is 9.10. The number of nitrogens with zero attached hydrogens (tertiary/aromatic N) is 4. The van der Waals surface area contributed by atoms with Crippen LogP contribution >= 0.6 is 0 Å². The number of ketones is 1. The molecule has 0 atom stereocenters. The fourth-order valence-electron chi connectivity index (χ4n) is 4.85. The number of aromatic nitrogens is 2. The van der Waals surface area contributed by atoms with Crippen LogP contribution in [0.3, 0.4) is 0 Å². The highest BCUT2D eigenvalue weighted by Crippen LogP contribution is 2.32. The van der Waals surface area contributed by atoms with Gasteiger partial charge in [-0.3, -0.25) is 14.7 Å².